The maximum atomic E-state index is 10.8. The molecule has 0 atom stereocenters. The molecule has 0 aliphatic heterocycles. The third kappa shape index (κ3) is 5.29. The van der Waals surface area contributed by atoms with Crippen molar-refractivity contribution in [3.63, 3.8) is 0 Å². The fraction of sp³-hybridized carbons (Fsp3) is 0.455. The molecule has 1 saturated carbocycles. The maximum Gasteiger partial charge on any atom is 0.324 e. The monoisotopic (exact) mass is 440 g/mol. The Kier molecular flexibility index (Phi) is 6.62. The quantitative estimate of drug-likeness (QED) is 0.395. The number of fused-ring (bicyclic) bond motifs is 1. The smallest absolute Gasteiger partial charge is 0.324 e. The first-order chi connectivity index (χ1) is 15.0. The van der Waals surface area contributed by atoms with Gasteiger partial charge >= 0.3 is 5.00 Å². The number of anilines is 2. The van der Waals surface area contributed by atoms with E-state index in [9.17, 15) is 10.1 Å². The second-order valence-electron chi connectivity index (χ2n) is 8.27. The van der Waals surface area contributed by atoms with E-state index in [-0.39, 0.29) is 9.92 Å². The normalized spacial score (nSPS) is 18.8. The summed E-state index contributed by atoms with van der Waals surface area (Å²) in [4.78, 5) is 23.0. The molecule has 2 N–H and O–H groups in total. The molecule has 3 aromatic rings. The lowest BCUT2D eigenvalue weighted by atomic mass is 9.86. The second kappa shape index (κ2) is 9.57. The second-order valence-corrected chi connectivity index (χ2v) is 9.42. The van der Waals surface area contributed by atoms with E-state index >= 15 is 0 Å². The van der Waals surface area contributed by atoms with Crippen molar-refractivity contribution in [1.82, 2.24) is 15.3 Å². The summed E-state index contributed by atoms with van der Waals surface area (Å²) in [5.41, 5.74) is 0.954. The first kappa shape index (κ1) is 21.5. The van der Waals surface area contributed by atoms with Crippen molar-refractivity contribution in [3.05, 3.63) is 51.4 Å². The number of aromatic nitrogens is 2. The molecule has 1 aliphatic carbocycles. The van der Waals surface area contributed by atoms with Crippen LogP contribution < -0.4 is 15.5 Å². The molecule has 2 aromatic heterocycles. The van der Waals surface area contributed by atoms with Gasteiger partial charge in [0.25, 0.3) is 0 Å². The van der Waals surface area contributed by atoms with E-state index in [1.165, 1.54) is 11.3 Å². The van der Waals surface area contributed by atoms with E-state index in [1.807, 2.05) is 43.3 Å². The number of para-hydroxylation sites is 1. The molecule has 0 unspecified atom stereocenters. The molecule has 164 valence electrons. The van der Waals surface area contributed by atoms with Crippen molar-refractivity contribution in [1.29, 1.82) is 0 Å². The third-order valence-electron chi connectivity index (χ3n) is 5.75. The Labute approximate surface area is 185 Å². The number of nitrogens with zero attached hydrogens (tertiary/aromatic N) is 4. The van der Waals surface area contributed by atoms with Crippen molar-refractivity contribution in [2.75, 3.05) is 30.9 Å². The molecule has 1 aliphatic rings. The van der Waals surface area contributed by atoms with Crippen LogP contribution in [-0.4, -0.2) is 41.6 Å². The Bertz CT molecular complexity index is 1050. The lowest BCUT2D eigenvalue weighted by molar-refractivity contribution is -0.380. The SMILES string of the molecule is CN(C)c1nc(NC2CCC(CNCc3ccc([N+](=O)[O-])s3)CC2)nc2ccccc12. The third-order valence-corrected chi connectivity index (χ3v) is 6.78. The van der Waals surface area contributed by atoms with Gasteiger partial charge in [0, 0.05) is 43.0 Å². The van der Waals surface area contributed by atoms with Gasteiger partial charge in [0.2, 0.25) is 5.95 Å². The van der Waals surface area contributed by atoms with Crippen LogP contribution >= 0.6 is 11.3 Å². The number of benzene rings is 1. The van der Waals surface area contributed by atoms with E-state index in [0.717, 1.165) is 53.8 Å². The average molecular weight is 441 g/mol. The van der Waals surface area contributed by atoms with Gasteiger partial charge in [-0.1, -0.05) is 23.5 Å². The highest BCUT2D eigenvalue weighted by molar-refractivity contribution is 7.15. The number of nitro groups is 1. The Morgan fingerprint density at radius 1 is 1.13 bits per heavy atom. The van der Waals surface area contributed by atoms with Crippen molar-refractivity contribution in [2.24, 2.45) is 5.92 Å². The molecule has 8 nitrogen and oxygen atoms in total. The summed E-state index contributed by atoms with van der Waals surface area (Å²) in [5, 5.41) is 19.1. The number of hydrogen-bond donors (Lipinski definition) is 2. The number of nitrogens with one attached hydrogen (secondary N) is 2. The largest absolute Gasteiger partial charge is 0.362 e. The molecule has 1 aromatic carbocycles. The summed E-state index contributed by atoms with van der Waals surface area (Å²) in [6.07, 6.45) is 4.46. The zero-order valence-electron chi connectivity index (χ0n) is 17.9. The minimum Gasteiger partial charge on any atom is -0.362 e. The first-order valence-electron chi connectivity index (χ1n) is 10.6. The zero-order chi connectivity index (χ0) is 21.8. The minimum atomic E-state index is -0.330. The highest BCUT2D eigenvalue weighted by Gasteiger charge is 2.22. The molecule has 0 bridgehead atoms. The lowest BCUT2D eigenvalue weighted by Crippen LogP contribution is -2.31. The summed E-state index contributed by atoms with van der Waals surface area (Å²) in [7, 11) is 4.01. The molecule has 0 saturated heterocycles. The van der Waals surface area contributed by atoms with Gasteiger partial charge in [-0.2, -0.15) is 4.98 Å². The molecule has 1 fully saturated rings. The van der Waals surface area contributed by atoms with Gasteiger partial charge in [-0.05, 0) is 56.3 Å². The minimum absolute atomic E-state index is 0.205. The predicted molar refractivity (Wildman–Crippen MR) is 126 cm³/mol. The van der Waals surface area contributed by atoms with Crippen LogP contribution in [0.15, 0.2) is 36.4 Å². The molecular formula is C22H28N6O2S. The van der Waals surface area contributed by atoms with Crippen LogP contribution in [0.4, 0.5) is 16.8 Å². The molecular weight excluding hydrogens is 412 g/mol. The van der Waals surface area contributed by atoms with Crippen LogP contribution in [0, 0.1) is 16.0 Å². The molecule has 0 amide bonds. The topological polar surface area (TPSA) is 96.2 Å². The Morgan fingerprint density at radius 3 is 2.61 bits per heavy atom. The van der Waals surface area contributed by atoms with Crippen LogP contribution in [0.25, 0.3) is 10.9 Å². The molecule has 0 radical (unpaired) electrons. The highest BCUT2D eigenvalue weighted by atomic mass is 32.1. The highest BCUT2D eigenvalue weighted by Crippen LogP contribution is 2.28. The summed E-state index contributed by atoms with van der Waals surface area (Å²) in [5.74, 6) is 2.26. The molecule has 2 heterocycles. The number of hydrogen-bond acceptors (Lipinski definition) is 8. The Hall–Kier alpha value is -2.78. The predicted octanol–water partition coefficient (Wildman–Crippen LogP) is 4.43. The van der Waals surface area contributed by atoms with Crippen LogP contribution in [-0.2, 0) is 6.54 Å². The number of thiophene rings is 1. The summed E-state index contributed by atoms with van der Waals surface area (Å²) >= 11 is 1.24. The van der Waals surface area contributed by atoms with E-state index < -0.39 is 0 Å². The standard InChI is InChI=1S/C22H28N6O2S/c1-27(2)21-18-5-3-4-6-19(18)25-22(26-21)24-16-9-7-15(8-10-16)13-23-14-17-11-12-20(31-17)28(29)30/h3-6,11-12,15-16,23H,7-10,13-14H2,1-2H3,(H,24,25,26). The average Bonchev–Trinajstić information content (AvgIpc) is 3.24. The maximum absolute atomic E-state index is 10.8. The van der Waals surface area contributed by atoms with Crippen LogP contribution in [0.1, 0.15) is 30.6 Å². The van der Waals surface area contributed by atoms with Crippen LogP contribution in [0.3, 0.4) is 0 Å². The fourth-order valence-electron chi connectivity index (χ4n) is 4.12. The molecule has 4 rings (SSSR count). The van der Waals surface area contributed by atoms with Gasteiger partial charge in [-0.3, -0.25) is 10.1 Å². The van der Waals surface area contributed by atoms with Crippen LogP contribution in [0.5, 0.6) is 0 Å². The van der Waals surface area contributed by atoms with E-state index in [1.54, 1.807) is 6.07 Å². The fourth-order valence-corrected chi connectivity index (χ4v) is 4.91. The van der Waals surface area contributed by atoms with Gasteiger partial charge in [0.05, 0.1) is 10.4 Å². The molecule has 31 heavy (non-hydrogen) atoms. The zero-order valence-corrected chi connectivity index (χ0v) is 18.7. The molecule has 9 heteroatoms. The van der Waals surface area contributed by atoms with Gasteiger partial charge in [-0.15, -0.1) is 0 Å². The summed E-state index contributed by atoms with van der Waals surface area (Å²) in [6.45, 7) is 1.63. The molecule has 0 spiro atoms. The van der Waals surface area contributed by atoms with Gasteiger partial charge in [0.15, 0.2) is 0 Å². The van der Waals surface area contributed by atoms with Crippen molar-refractivity contribution in [3.8, 4) is 0 Å². The van der Waals surface area contributed by atoms with E-state index in [0.29, 0.717) is 24.5 Å². The Morgan fingerprint density at radius 2 is 1.90 bits per heavy atom. The van der Waals surface area contributed by atoms with Gasteiger partial charge < -0.3 is 15.5 Å². The summed E-state index contributed by atoms with van der Waals surface area (Å²) < 4.78 is 0. The van der Waals surface area contributed by atoms with E-state index in [2.05, 4.69) is 16.7 Å². The summed E-state index contributed by atoms with van der Waals surface area (Å²) in [6, 6.07) is 11.9. The van der Waals surface area contributed by atoms with Crippen molar-refractivity contribution in [2.45, 2.75) is 38.3 Å². The van der Waals surface area contributed by atoms with Gasteiger partial charge in [-0.25, -0.2) is 4.98 Å². The first-order valence-corrected chi connectivity index (χ1v) is 11.5. The Balaban J connectivity index is 1.27. The van der Waals surface area contributed by atoms with Crippen LogP contribution in [0.2, 0.25) is 0 Å². The lowest BCUT2D eigenvalue weighted by Gasteiger charge is -2.29. The van der Waals surface area contributed by atoms with Crippen molar-refractivity contribution < 1.29 is 4.92 Å². The number of rotatable bonds is 8. The van der Waals surface area contributed by atoms with Gasteiger partial charge in [0.1, 0.15) is 5.82 Å². The van der Waals surface area contributed by atoms with E-state index in [4.69, 9.17) is 9.97 Å². The van der Waals surface area contributed by atoms with Crippen molar-refractivity contribution >= 4 is 39.0 Å².